The van der Waals surface area contributed by atoms with Crippen molar-refractivity contribution < 1.29 is 0 Å². The molecular weight excluding hydrogens is 174 g/mol. The van der Waals surface area contributed by atoms with E-state index in [0.29, 0.717) is 5.82 Å². The first-order chi connectivity index (χ1) is 6.79. The van der Waals surface area contributed by atoms with Crippen LogP contribution >= 0.6 is 0 Å². The molecule has 14 heavy (non-hydrogen) atoms. The third-order valence-corrected chi connectivity index (χ3v) is 2.17. The van der Waals surface area contributed by atoms with Gasteiger partial charge in [0.15, 0.2) is 0 Å². The van der Waals surface area contributed by atoms with Crippen molar-refractivity contribution >= 4 is 5.82 Å². The highest BCUT2D eigenvalue weighted by Gasteiger charge is 2.05. The molecule has 3 nitrogen and oxygen atoms in total. The maximum Gasteiger partial charge on any atom is 0.130 e. The van der Waals surface area contributed by atoms with Gasteiger partial charge in [-0.2, -0.15) is 0 Å². The van der Waals surface area contributed by atoms with Gasteiger partial charge in [0.25, 0.3) is 0 Å². The van der Waals surface area contributed by atoms with Crippen molar-refractivity contribution in [3.63, 3.8) is 0 Å². The number of anilines is 1. The van der Waals surface area contributed by atoms with Crippen LogP contribution in [0.15, 0.2) is 36.7 Å². The lowest BCUT2D eigenvalue weighted by molar-refractivity contribution is 1.14. The van der Waals surface area contributed by atoms with Crippen molar-refractivity contribution in [2.24, 2.45) is 0 Å². The highest BCUT2D eigenvalue weighted by molar-refractivity contribution is 5.66. The normalized spacial score (nSPS) is 10.1. The molecule has 0 unspecified atom stereocenters. The summed E-state index contributed by atoms with van der Waals surface area (Å²) in [7, 11) is 0. The average Bonchev–Trinajstić information content (AvgIpc) is 2.23. The van der Waals surface area contributed by atoms with Crippen molar-refractivity contribution in [1.82, 2.24) is 9.97 Å². The van der Waals surface area contributed by atoms with Crippen LogP contribution in [0.5, 0.6) is 0 Å². The fraction of sp³-hybridized carbons (Fsp3) is 0.0909. The van der Waals surface area contributed by atoms with Gasteiger partial charge in [-0.3, -0.25) is 0 Å². The van der Waals surface area contributed by atoms with Gasteiger partial charge < -0.3 is 5.73 Å². The summed E-state index contributed by atoms with van der Waals surface area (Å²) in [6.07, 6.45) is 1.49. The summed E-state index contributed by atoms with van der Waals surface area (Å²) in [4.78, 5) is 8.15. The van der Waals surface area contributed by atoms with E-state index >= 15 is 0 Å². The Labute approximate surface area is 82.6 Å². The summed E-state index contributed by atoms with van der Waals surface area (Å²) < 4.78 is 0. The van der Waals surface area contributed by atoms with E-state index in [4.69, 9.17) is 5.73 Å². The smallest absolute Gasteiger partial charge is 0.130 e. The molecule has 0 radical (unpaired) electrons. The third kappa shape index (κ3) is 1.44. The lowest BCUT2D eigenvalue weighted by atomic mass is 10.1. The van der Waals surface area contributed by atoms with Crippen LogP contribution in [0, 0.1) is 6.92 Å². The fourth-order valence-electron chi connectivity index (χ4n) is 1.35. The summed E-state index contributed by atoms with van der Waals surface area (Å²) in [6, 6.07) is 9.95. The molecule has 1 heterocycles. The van der Waals surface area contributed by atoms with Gasteiger partial charge in [0.1, 0.15) is 12.1 Å². The Morgan fingerprint density at radius 3 is 2.50 bits per heavy atom. The molecule has 0 saturated carbocycles. The number of nitrogen functional groups attached to an aromatic ring is 1. The zero-order valence-corrected chi connectivity index (χ0v) is 7.94. The molecule has 0 saturated heterocycles. The quantitative estimate of drug-likeness (QED) is 0.739. The molecule has 0 aliphatic heterocycles. The van der Waals surface area contributed by atoms with Gasteiger partial charge >= 0.3 is 0 Å². The van der Waals surface area contributed by atoms with Gasteiger partial charge in [0.05, 0.1) is 5.69 Å². The number of nitrogens with two attached hydrogens (primary N) is 1. The number of hydrogen-bond acceptors (Lipinski definition) is 3. The van der Waals surface area contributed by atoms with Crippen molar-refractivity contribution in [3.05, 3.63) is 42.2 Å². The highest BCUT2D eigenvalue weighted by Crippen LogP contribution is 2.22. The Bertz CT molecular complexity index is 438. The molecule has 3 heteroatoms. The number of benzene rings is 1. The average molecular weight is 185 g/mol. The van der Waals surface area contributed by atoms with Crippen LogP contribution in [0.2, 0.25) is 0 Å². The van der Waals surface area contributed by atoms with E-state index in [1.165, 1.54) is 6.33 Å². The Balaban J connectivity index is 2.58. The summed E-state index contributed by atoms with van der Waals surface area (Å²) in [6.45, 7) is 1.93. The molecule has 2 aromatic rings. The van der Waals surface area contributed by atoms with E-state index < -0.39 is 0 Å². The lowest BCUT2D eigenvalue weighted by Crippen LogP contribution is -1.98. The van der Waals surface area contributed by atoms with Crippen LogP contribution in [0.4, 0.5) is 5.82 Å². The van der Waals surface area contributed by atoms with Crippen LogP contribution in [0.3, 0.4) is 0 Å². The second-order valence-corrected chi connectivity index (χ2v) is 3.10. The predicted octanol–water partition coefficient (Wildman–Crippen LogP) is 2.03. The third-order valence-electron chi connectivity index (χ3n) is 2.17. The van der Waals surface area contributed by atoms with E-state index in [0.717, 1.165) is 16.8 Å². The molecule has 70 valence electrons. The number of rotatable bonds is 1. The molecule has 0 aliphatic rings. The second-order valence-electron chi connectivity index (χ2n) is 3.10. The first kappa shape index (κ1) is 8.69. The van der Waals surface area contributed by atoms with Crippen LogP contribution in [-0.2, 0) is 0 Å². The van der Waals surface area contributed by atoms with E-state index in [1.807, 2.05) is 37.3 Å². The molecule has 2 N–H and O–H groups in total. The maximum atomic E-state index is 5.71. The zero-order valence-electron chi connectivity index (χ0n) is 7.94. The zero-order chi connectivity index (χ0) is 9.97. The van der Waals surface area contributed by atoms with Crippen LogP contribution in [-0.4, -0.2) is 9.97 Å². The van der Waals surface area contributed by atoms with E-state index in [9.17, 15) is 0 Å². The number of nitrogens with zero attached hydrogens (tertiary/aromatic N) is 2. The van der Waals surface area contributed by atoms with Gasteiger partial charge in [-0.25, -0.2) is 9.97 Å². The van der Waals surface area contributed by atoms with Gasteiger partial charge in [0, 0.05) is 11.1 Å². The number of aromatic nitrogens is 2. The Morgan fingerprint density at radius 1 is 1.07 bits per heavy atom. The Morgan fingerprint density at radius 2 is 1.79 bits per heavy atom. The van der Waals surface area contributed by atoms with Gasteiger partial charge in [0.2, 0.25) is 0 Å². The van der Waals surface area contributed by atoms with Crippen molar-refractivity contribution in [3.8, 4) is 11.3 Å². The molecule has 0 fully saturated rings. The van der Waals surface area contributed by atoms with Crippen LogP contribution in [0.25, 0.3) is 11.3 Å². The molecule has 0 atom stereocenters. The van der Waals surface area contributed by atoms with Gasteiger partial charge in [-0.1, -0.05) is 30.3 Å². The first-order valence-electron chi connectivity index (χ1n) is 4.41. The van der Waals surface area contributed by atoms with Gasteiger partial charge in [-0.15, -0.1) is 0 Å². The van der Waals surface area contributed by atoms with Crippen LogP contribution < -0.4 is 5.73 Å². The van der Waals surface area contributed by atoms with Crippen LogP contribution in [0.1, 0.15) is 5.56 Å². The maximum absolute atomic E-state index is 5.71. The molecule has 0 spiro atoms. The summed E-state index contributed by atoms with van der Waals surface area (Å²) >= 11 is 0. The monoisotopic (exact) mass is 185 g/mol. The summed E-state index contributed by atoms with van der Waals surface area (Å²) in [5.41, 5.74) is 8.61. The topological polar surface area (TPSA) is 51.8 Å². The second kappa shape index (κ2) is 3.46. The molecule has 0 bridgehead atoms. The van der Waals surface area contributed by atoms with Gasteiger partial charge in [-0.05, 0) is 6.92 Å². The molecule has 1 aromatic carbocycles. The minimum Gasteiger partial charge on any atom is -0.383 e. The molecule has 2 rings (SSSR count). The highest BCUT2D eigenvalue weighted by atomic mass is 14.9. The standard InChI is InChI=1S/C11H11N3/c1-8-10(13-7-14-11(8)12)9-5-3-2-4-6-9/h2-7H,1H3,(H2,12,13,14). The first-order valence-corrected chi connectivity index (χ1v) is 4.41. The Hall–Kier alpha value is -1.90. The molecular formula is C11H11N3. The van der Waals surface area contributed by atoms with E-state index in [-0.39, 0.29) is 0 Å². The lowest BCUT2D eigenvalue weighted by Gasteiger charge is -2.05. The Kier molecular flexibility index (Phi) is 2.14. The predicted molar refractivity (Wildman–Crippen MR) is 56.6 cm³/mol. The largest absolute Gasteiger partial charge is 0.383 e. The fourth-order valence-corrected chi connectivity index (χ4v) is 1.35. The molecule has 0 aliphatic carbocycles. The summed E-state index contributed by atoms with van der Waals surface area (Å²) in [5.74, 6) is 0.541. The SMILES string of the molecule is Cc1c(N)ncnc1-c1ccccc1. The van der Waals surface area contributed by atoms with Crippen molar-refractivity contribution in [2.75, 3.05) is 5.73 Å². The molecule has 1 aromatic heterocycles. The van der Waals surface area contributed by atoms with E-state index in [1.54, 1.807) is 0 Å². The van der Waals surface area contributed by atoms with E-state index in [2.05, 4.69) is 9.97 Å². The minimum absolute atomic E-state index is 0.541. The van der Waals surface area contributed by atoms with Crippen molar-refractivity contribution in [1.29, 1.82) is 0 Å². The number of hydrogen-bond donors (Lipinski definition) is 1. The molecule has 0 amide bonds. The van der Waals surface area contributed by atoms with Crippen molar-refractivity contribution in [2.45, 2.75) is 6.92 Å². The minimum atomic E-state index is 0.541. The summed E-state index contributed by atoms with van der Waals surface area (Å²) in [5, 5.41) is 0.